The Kier molecular flexibility index (Phi) is 11.8. The molecule has 2 N–H and O–H groups in total. The molecule has 0 saturated heterocycles. The predicted octanol–water partition coefficient (Wildman–Crippen LogP) is 4.56. The first-order valence-electron chi connectivity index (χ1n) is 9.28. The van der Waals surface area contributed by atoms with Crippen LogP contribution < -0.4 is 5.32 Å². The second-order valence-corrected chi connectivity index (χ2v) is 6.31. The van der Waals surface area contributed by atoms with E-state index < -0.39 is 0 Å². The number of para-hydroxylation sites is 1. The van der Waals surface area contributed by atoms with Crippen molar-refractivity contribution in [3.63, 3.8) is 0 Å². The van der Waals surface area contributed by atoms with E-state index in [1.807, 2.05) is 18.2 Å². The van der Waals surface area contributed by atoms with E-state index in [2.05, 4.69) is 10.1 Å². The van der Waals surface area contributed by atoms with Gasteiger partial charge in [0, 0.05) is 18.5 Å². The Morgan fingerprint density at radius 1 is 0.958 bits per heavy atom. The third kappa shape index (κ3) is 10.3. The first-order valence-corrected chi connectivity index (χ1v) is 9.28. The summed E-state index contributed by atoms with van der Waals surface area (Å²) in [6, 6.07) is 7.48. The SMILES string of the molecule is COC(=O)CCCCCCCCCCCNCc1ccccc1O. The maximum atomic E-state index is 11.0. The Bertz CT molecular complexity index is 448. The number of nitrogens with one attached hydrogen (secondary N) is 1. The van der Waals surface area contributed by atoms with Gasteiger partial charge in [0.2, 0.25) is 0 Å². The third-order valence-electron chi connectivity index (χ3n) is 4.27. The molecule has 0 saturated carbocycles. The maximum absolute atomic E-state index is 11.0. The Hall–Kier alpha value is -1.55. The zero-order valence-corrected chi connectivity index (χ0v) is 15.1. The van der Waals surface area contributed by atoms with Gasteiger partial charge in [-0.15, -0.1) is 0 Å². The number of esters is 1. The lowest BCUT2D eigenvalue weighted by Gasteiger charge is -2.06. The van der Waals surface area contributed by atoms with Crippen molar-refractivity contribution < 1.29 is 14.6 Å². The molecule has 0 heterocycles. The number of phenolic OH excluding ortho intramolecular Hbond substituents is 1. The Morgan fingerprint density at radius 2 is 1.54 bits per heavy atom. The highest BCUT2D eigenvalue weighted by molar-refractivity contribution is 5.68. The topological polar surface area (TPSA) is 58.6 Å². The van der Waals surface area contributed by atoms with Crippen LogP contribution in [0.15, 0.2) is 24.3 Å². The van der Waals surface area contributed by atoms with Gasteiger partial charge in [0.05, 0.1) is 7.11 Å². The lowest BCUT2D eigenvalue weighted by molar-refractivity contribution is -0.140. The summed E-state index contributed by atoms with van der Waals surface area (Å²) in [7, 11) is 1.45. The number of methoxy groups -OCH3 is 1. The molecule has 0 aromatic heterocycles. The monoisotopic (exact) mass is 335 g/mol. The van der Waals surface area contributed by atoms with E-state index in [1.54, 1.807) is 6.07 Å². The van der Waals surface area contributed by atoms with Gasteiger partial charge >= 0.3 is 5.97 Å². The molecule has 4 heteroatoms. The molecule has 0 aliphatic carbocycles. The van der Waals surface area contributed by atoms with E-state index in [4.69, 9.17) is 0 Å². The van der Waals surface area contributed by atoms with Crippen molar-refractivity contribution in [3.8, 4) is 5.75 Å². The van der Waals surface area contributed by atoms with Gasteiger partial charge in [-0.2, -0.15) is 0 Å². The van der Waals surface area contributed by atoms with Gasteiger partial charge in [-0.1, -0.05) is 63.1 Å². The molecule has 24 heavy (non-hydrogen) atoms. The molecular formula is C20H33NO3. The quantitative estimate of drug-likeness (QED) is 0.387. The summed E-state index contributed by atoms with van der Waals surface area (Å²) in [6.45, 7) is 1.74. The summed E-state index contributed by atoms with van der Waals surface area (Å²) in [4.78, 5) is 11.0. The Morgan fingerprint density at radius 3 is 2.17 bits per heavy atom. The van der Waals surface area contributed by atoms with E-state index in [0.717, 1.165) is 31.5 Å². The number of aromatic hydroxyl groups is 1. The number of unbranched alkanes of at least 4 members (excludes halogenated alkanes) is 8. The van der Waals surface area contributed by atoms with Gasteiger partial charge in [0.1, 0.15) is 5.75 Å². The lowest BCUT2D eigenvalue weighted by Crippen LogP contribution is -2.14. The summed E-state index contributed by atoms with van der Waals surface area (Å²) in [5.41, 5.74) is 0.963. The highest BCUT2D eigenvalue weighted by atomic mass is 16.5. The van der Waals surface area contributed by atoms with Crippen LogP contribution in [-0.4, -0.2) is 24.7 Å². The molecule has 0 unspecified atom stereocenters. The van der Waals surface area contributed by atoms with Gasteiger partial charge in [-0.3, -0.25) is 4.79 Å². The van der Waals surface area contributed by atoms with Crippen LogP contribution in [0.3, 0.4) is 0 Å². The van der Waals surface area contributed by atoms with E-state index in [-0.39, 0.29) is 5.97 Å². The summed E-state index contributed by atoms with van der Waals surface area (Å²) < 4.78 is 4.62. The normalized spacial score (nSPS) is 10.7. The van der Waals surface area contributed by atoms with Gasteiger partial charge in [0.25, 0.3) is 0 Å². The number of ether oxygens (including phenoxy) is 1. The van der Waals surface area contributed by atoms with Gasteiger partial charge in [-0.05, 0) is 25.5 Å². The van der Waals surface area contributed by atoms with Crippen LogP contribution in [-0.2, 0) is 16.1 Å². The summed E-state index contributed by atoms with van der Waals surface area (Å²) in [5.74, 6) is 0.280. The lowest BCUT2D eigenvalue weighted by atomic mass is 10.1. The first kappa shape index (κ1) is 20.5. The number of hydrogen-bond donors (Lipinski definition) is 2. The van der Waals surface area contributed by atoms with Crippen molar-refractivity contribution in [2.75, 3.05) is 13.7 Å². The highest BCUT2D eigenvalue weighted by Crippen LogP contribution is 2.15. The average Bonchev–Trinajstić information content (AvgIpc) is 2.60. The highest BCUT2D eigenvalue weighted by Gasteiger charge is 2.00. The molecule has 136 valence electrons. The van der Waals surface area contributed by atoms with Gasteiger partial charge < -0.3 is 15.2 Å². The van der Waals surface area contributed by atoms with Crippen molar-refractivity contribution in [2.24, 2.45) is 0 Å². The standard InChI is InChI=1S/C20H33NO3/c1-24-20(23)15-9-7-5-3-2-4-6-8-12-16-21-17-18-13-10-11-14-19(18)22/h10-11,13-14,21-22H,2-9,12,15-17H2,1H3. The molecule has 4 nitrogen and oxygen atoms in total. The molecule has 1 aromatic carbocycles. The fraction of sp³-hybridized carbons (Fsp3) is 0.650. The number of carbonyl (C=O) groups excluding carboxylic acids is 1. The number of rotatable bonds is 14. The van der Waals surface area contributed by atoms with Gasteiger partial charge in [0.15, 0.2) is 0 Å². The Labute approximate surface area is 146 Å². The summed E-state index contributed by atoms with van der Waals surface area (Å²) in [6.07, 6.45) is 11.5. The van der Waals surface area contributed by atoms with Crippen molar-refractivity contribution in [1.29, 1.82) is 0 Å². The molecule has 1 rings (SSSR count). The smallest absolute Gasteiger partial charge is 0.305 e. The number of carbonyl (C=O) groups is 1. The molecule has 0 amide bonds. The molecule has 0 aliphatic rings. The Balaban J connectivity index is 1.81. The molecule has 1 aromatic rings. The maximum Gasteiger partial charge on any atom is 0.305 e. The predicted molar refractivity (Wildman–Crippen MR) is 98.0 cm³/mol. The molecule has 0 aliphatic heterocycles. The van der Waals surface area contributed by atoms with Crippen LogP contribution in [0, 0.1) is 0 Å². The second kappa shape index (κ2) is 13.8. The van der Waals surface area contributed by atoms with Crippen molar-refractivity contribution in [3.05, 3.63) is 29.8 Å². The van der Waals surface area contributed by atoms with Crippen molar-refractivity contribution in [1.82, 2.24) is 5.32 Å². The number of benzene rings is 1. The number of phenols is 1. The first-order chi connectivity index (χ1) is 11.7. The van der Waals surface area contributed by atoms with Crippen molar-refractivity contribution >= 4 is 5.97 Å². The van der Waals surface area contributed by atoms with Crippen LogP contribution in [0.5, 0.6) is 5.75 Å². The van der Waals surface area contributed by atoms with Crippen molar-refractivity contribution in [2.45, 2.75) is 70.8 Å². The summed E-state index contributed by atoms with van der Waals surface area (Å²) >= 11 is 0. The minimum atomic E-state index is -0.0916. The molecule has 0 bridgehead atoms. The van der Waals surface area contributed by atoms with E-state index in [9.17, 15) is 9.90 Å². The third-order valence-corrected chi connectivity index (χ3v) is 4.27. The molecule has 0 fully saturated rings. The van der Waals surface area contributed by atoms with Crippen LogP contribution in [0.2, 0.25) is 0 Å². The van der Waals surface area contributed by atoms with Crippen LogP contribution in [0.25, 0.3) is 0 Å². The van der Waals surface area contributed by atoms with Crippen LogP contribution in [0.1, 0.15) is 69.8 Å². The van der Waals surface area contributed by atoms with E-state index >= 15 is 0 Å². The molecular weight excluding hydrogens is 302 g/mol. The minimum Gasteiger partial charge on any atom is -0.508 e. The van der Waals surface area contributed by atoms with Crippen LogP contribution in [0.4, 0.5) is 0 Å². The largest absolute Gasteiger partial charge is 0.508 e. The minimum absolute atomic E-state index is 0.0916. The van der Waals surface area contributed by atoms with E-state index in [0.29, 0.717) is 12.2 Å². The zero-order chi connectivity index (χ0) is 17.5. The van der Waals surface area contributed by atoms with E-state index in [1.165, 1.54) is 52.1 Å². The molecule has 0 atom stereocenters. The second-order valence-electron chi connectivity index (χ2n) is 6.31. The number of hydrogen-bond acceptors (Lipinski definition) is 4. The molecule has 0 spiro atoms. The average molecular weight is 335 g/mol. The summed E-state index contributed by atoms with van der Waals surface area (Å²) in [5, 5.41) is 13.0. The molecule has 0 radical (unpaired) electrons. The van der Waals surface area contributed by atoms with Gasteiger partial charge in [-0.25, -0.2) is 0 Å². The van der Waals surface area contributed by atoms with Crippen LogP contribution >= 0.6 is 0 Å². The zero-order valence-electron chi connectivity index (χ0n) is 15.1. The fourth-order valence-electron chi connectivity index (χ4n) is 2.74. The fourth-order valence-corrected chi connectivity index (χ4v) is 2.74.